The van der Waals surface area contributed by atoms with Crippen molar-refractivity contribution in [2.45, 2.75) is 75.4 Å². The van der Waals surface area contributed by atoms with Gasteiger partial charge in [0.05, 0.1) is 23.2 Å². The van der Waals surface area contributed by atoms with Gasteiger partial charge in [-0.1, -0.05) is 49.6 Å². The largest absolute Gasteiger partial charge is 0.357 e. The fraction of sp³-hybridized carbons (Fsp3) is 0.593. The maximum absolute atomic E-state index is 14.0. The van der Waals surface area contributed by atoms with Gasteiger partial charge in [0.1, 0.15) is 6.04 Å². The molecule has 4 rings (SSSR count). The number of thioether (sulfide) groups is 1. The minimum Gasteiger partial charge on any atom is -0.357 e. The fourth-order valence-electron chi connectivity index (χ4n) is 5.54. The lowest BCUT2D eigenvalue weighted by Crippen LogP contribution is -2.58. The molecule has 2 fully saturated rings. The summed E-state index contributed by atoms with van der Waals surface area (Å²) in [5, 5.41) is 8.02. The van der Waals surface area contributed by atoms with Gasteiger partial charge in [-0.3, -0.25) is 14.4 Å². The normalized spacial score (nSPS) is 24.7. The van der Waals surface area contributed by atoms with Crippen LogP contribution in [0.1, 0.15) is 62.2 Å². The summed E-state index contributed by atoms with van der Waals surface area (Å²) in [4.78, 5) is 43.9. The number of carbonyl (C=O) groups excluding carboxylic acids is 3. The Labute approximate surface area is 213 Å². The number of amides is 2. The summed E-state index contributed by atoms with van der Waals surface area (Å²) in [5.41, 5.74) is 1.34. The summed E-state index contributed by atoms with van der Waals surface area (Å²) in [6.45, 7) is 2.51. The van der Waals surface area contributed by atoms with E-state index in [1.165, 1.54) is 6.42 Å². The van der Waals surface area contributed by atoms with Crippen LogP contribution in [0.4, 0.5) is 0 Å². The van der Waals surface area contributed by atoms with Gasteiger partial charge in [0, 0.05) is 24.6 Å². The Hall–Kier alpha value is -2.32. The lowest BCUT2D eigenvalue weighted by molar-refractivity contribution is -0.139. The first-order valence-corrected chi connectivity index (χ1v) is 13.8. The molecule has 7 nitrogen and oxygen atoms in total. The molecule has 2 N–H and O–H groups in total. The molecule has 3 aliphatic rings. The first kappa shape index (κ1) is 25.8. The number of likely N-dealkylation sites (N-methyl/N-ethyl adjacent to an activating group) is 2. The van der Waals surface area contributed by atoms with Gasteiger partial charge in [-0.25, -0.2) is 0 Å². The van der Waals surface area contributed by atoms with Crippen molar-refractivity contribution in [3.05, 3.63) is 47.0 Å². The smallest absolute Gasteiger partial charge is 0.245 e. The fourth-order valence-corrected chi connectivity index (χ4v) is 6.85. The molecule has 0 aromatic heterocycles. The van der Waals surface area contributed by atoms with E-state index >= 15 is 0 Å². The second-order valence-corrected chi connectivity index (χ2v) is 11.0. The Morgan fingerprint density at radius 3 is 2.43 bits per heavy atom. The summed E-state index contributed by atoms with van der Waals surface area (Å²) in [6, 6.07) is 8.48. The number of hydrogen-bond donors (Lipinski definition) is 2. The van der Waals surface area contributed by atoms with Crippen LogP contribution in [0, 0.1) is 5.92 Å². The summed E-state index contributed by atoms with van der Waals surface area (Å²) in [5.74, 6) is 0.0880. The number of nitrogens with zero attached hydrogens (tertiary/aromatic N) is 2. The molecule has 1 aromatic rings. The van der Waals surface area contributed by atoms with Crippen molar-refractivity contribution in [3.63, 3.8) is 0 Å². The molecule has 2 heterocycles. The SMILES string of the molecule is CN[C@@H](C)C(=O)N[C@H](C(=O)N1CCC[C@H]1C1SC=C(C(=O)c2ccccc2)N1C)C1CCCCC1. The Morgan fingerprint density at radius 1 is 1.03 bits per heavy atom. The summed E-state index contributed by atoms with van der Waals surface area (Å²) in [7, 11) is 3.71. The number of benzene rings is 1. The first-order chi connectivity index (χ1) is 16.9. The van der Waals surface area contributed by atoms with Crippen LogP contribution in [0.3, 0.4) is 0 Å². The van der Waals surface area contributed by atoms with Gasteiger partial charge >= 0.3 is 0 Å². The molecule has 0 radical (unpaired) electrons. The quantitative estimate of drug-likeness (QED) is 0.535. The van der Waals surface area contributed by atoms with Crippen molar-refractivity contribution in [1.82, 2.24) is 20.4 Å². The summed E-state index contributed by atoms with van der Waals surface area (Å²) in [6.07, 6.45) is 7.17. The molecule has 1 aromatic carbocycles. The van der Waals surface area contributed by atoms with E-state index in [0.29, 0.717) is 17.8 Å². The molecular weight excluding hydrogens is 460 g/mol. The number of Topliss-reactive ketones (excluding diaryl/α,β-unsaturated/α-hetero) is 1. The number of allylic oxidation sites excluding steroid dienone is 1. The zero-order valence-electron chi connectivity index (χ0n) is 21.0. The molecule has 2 amide bonds. The van der Waals surface area contributed by atoms with Gasteiger partial charge in [0.2, 0.25) is 17.6 Å². The average Bonchev–Trinajstić information content (AvgIpc) is 3.53. The molecule has 0 bridgehead atoms. The first-order valence-electron chi connectivity index (χ1n) is 12.9. The molecule has 1 unspecified atom stereocenters. The van der Waals surface area contributed by atoms with Crippen LogP contribution in [0.25, 0.3) is 0 Å². The number of likely N-dealkylation sites (tertiary alicyclic amines) is 1. The van der Waals surface area contributed by atoms with E-state index in [9.17, 15) is 14.4 Å². The molecule has 1 saturated carbocycles. The Morgan fingerprint density at radius 2 is 1.74 bits per heavy atom. The van der Waals surface area contributed by atoms with E-state index < -0.39 is 6.04 Å². The molecule has 190 valence electrons. The third-order valence-corrected chi connectivity index (χ3v) is 9.04. The van der Waals surface area contributed by atoms with E-state index in [0.717, 1.165) is 38.5 Å². The monoisotopic (exact) mass is 498 g/mol. The molecule has 1 aliphatic carbocycles. The average molecular weight is 499 g/mol. The molecule has 1 saturated heterocycles. The highest BCUT2D eigenvalue weighted by atomic mass is 32.2. The van der Waals surface area contributed by atoms with Gasteiger partial charge in [-0.2, -0.15) is 0 Å². The van der Waals surface area contributed by atoms with E-state index in [1.54, 1.807) is 18.8 Å². The van der Waals surface area contributed by atoms with Crippen molar-refractivity contribution in [3.8, 4) is 0 Å². The molecule has 4 atom stereocenters. The van der Waals surface area contributed by atoms with Gasteiger partial charge in [0.15, 0.2) is 0 Å². The highest BCUT2D eigenvalue weighted by Gasteiger charge is 2.44. The lowest BCUT2D eigenvalue weighted by atomic mass is 9.83. The van der Waals surface area contributed by atoms with Crippen molar-refractivity contribution >= 4 is 29.4 Å². The van der Waals surface area contributed by atoms with Gasteiger partial charge < -0.3 is 20.4 Å². The third-order valence-electron chi connectivity index (χ3n) is 7.77. The Kier molecular flexibility index (Phi) is 8.55. The second-order valence-electron chi connectivity index (χ2n) is 9.97. The predicted octanol–water partition coefficient (Wildman–Crippen LogP) is 3.38. The third kappa shape index (κ3) is 5.59. The minimum absolute atomic E-state index is 0.000426. The standard InChI is InChI=1S/C27H38N4O3S/c1-18(28-2)25(33)29-23(19-11-6-4-7-12-19)26(34)31-16-10-15-21(31)27-30(3)22(17-35-27)24(32)20-13-8-5-9-14-20/h5,8-9,13-14,17-19,21,23,27-28H,4,6-7,10-12,15-16H2,1-3H3,(H,29,33)/t18-,21-,23-,27?/m0/s1. The zero-order chi connectivity index (χ0) is 24.9. The van der Waals surface area contributed by atoms with Crippen LogP contribution >= 0.6 is 11.8 Å². The maximum atomic E-state index is 14.0. The zero-order valence-corrected chi connectivity index (χ0v) is 21.9. The second kappa shape index (κ2) is 11.6. The van der Waals surface area contributed by atoms with Crippen LogP contribution in [-0.2, 0) is 9.59 Å². The summed E-state index contributed by atoms with van der Waals surface area (Å²) >= 11 is 1.62. The molecule has 0 spiro atoms. The molecule has 35 heavy (non-hydrogen) atoms. The number of hydrogen-bond acceptors (Lipinski definition) is 6. The van der Waals surface area contributed by atoms with Crippen LogP contribution in [0.15, 0.2) is 41.4 Å². The van der Waals surface area contributed by atoms with Crippen LogP contribution in [0.2, 0.25) is 0 Å². The predicted molar refractivity (Wildman–Crippen MR) is 140 cm³/mol. The van der Waals surface area contributed by atoms with Crippen LogP contribution in [0.5, 0.6) is 0 Å². The topological polar surface area (TPSA) is 81.8 Å². The minimum atomic E-state index is -0.491. The number of carbonyl (C=O) groups is 3. The van der Waals surface area contributed by atoms with Crippen LogP contribution in [-0.4, -0.2) is 71.5 Å². The molecule has 2 aliphatic heterocycles. The van der Waals surface area contributed by atoms with Gasteiger partial charge in [-0.15, -0.1) is 11.8 Å². The summed E-state index contributed by atoms with van der Waals surface area (Å²) < 4.78 is 0. The molecular formula is C27H38N4O3S. The molecule has 8 heteroatoms. The van der Waals surface area contributed by atoms with Gasteiger partial charge in [0.25, 0.3) is 0 Å². The van der Waals surface area contributed by atoms with E-state index in [4.69, 9.17) is 0 Å². The van der Waals surface area contributed by atoms with Crippen molar-refractivity contribution < 1.29 is 14.4 Å². The highest BCUT2D eigenvalue weighted by Crippen LogP contribution is 2.39. The highest BCUT2D eigenvalue weighted by molar-refractivity contribution is 8.03. The van der Waals surface area contributed by atoms with E-state index in [2.05, 4.69) is 10.6 Å². The Balaban J connectivity index is 1.49. The Bertz CT molecular complexity index is 947. The van der Waals surface area contributed by atoms with E-state index in [-0.39, 0.29) is 41.0 Å². The van der Waals surface area contributed by atoms with Crippen molar-refractivity contribution in [2.24, 2.45) is 5.92 Å². The van der Waals surface area contributed by atoms with Crippen molar-refractivity contribution in [2.75, 3.05) is 20.6 Å². The maximum Gasteiger partial charge on any atom is 0.245 e. The number of nitrogens with one attached hydrogen (secondary N) is 2. The number of rotatable bonds is 8. The van der Waals surface area contributed by atoms with Crippen molar-refractivity contribution in [1.29, 1.82) is 0 Å². The van der Waals surface area contributed by atoms with Crippen LogP contribution < -0.4 is 10.6 Å². The van der Waals surface area contributed by atoms with E-state index in [1.807, 2.05) is 59.5 Å². The lowest BCUT2D eigenvalue weighted by Gasteiger charge is -2.38. The van der Waals surface area contributed by atoms with Gasteiger partial charge in [-0.05, 0) is 45.6 Å². The number of ketones is 1.